The Hall–Kier alpha value is -3.56. The van der Waals surface area contributed by atoms with Gasteiger partial charge in [0, 0.05) is 32.3 Å². The highest BCUT2D eigenvalue weighted by molar-refractivity contribution is 7.98. The number of pyridine rings is 1. The standard InChI is InChI=1S/C23H24N6O2S/c1-3-18-19(10-24)22(29-9-8-26-21(31)13-29)28-23(20(18)11-25)32-14-17-6-4-16(5-7-17)12-27-15(2)30/h4-7H,3,8-9,12-14H2,1-2H3,(H,26,31)(H,27,30). The molecule has 0 bridgehead atoms. The molecule has 3 rings (SSSR count). The Bertz CT molecular complexity index is 1100. The van der Waals surface area contributed by atoms with Gasteiger partial charge in [0.1, 0.15) is 23.0 Å². The van der Waals surface area contributed by atoms with E-state index in [4.69, 9.17) is 0 Å². The van der Waals surface area contributed by atoms with Crippen LogP contribution in [0.4, 0.5) is 5.82 Å². The normalized spacial score (nSPS) is 13.1. The lowest BCUT2D eigenvalue weighted by Crippen LogP contribution is -2.48. The molecule has 1 aliphatic rings. The van der Waals surface area contributed by atoms with Crippen LogP contribution in [0, 0.1) is 22.7 Å². The zero-order valence-electron chi connectivity index (χ0n) is 18.1. The molecule has 0 saturated carbocycles. The van der Waals surface area contributed by atoms with Crippen LogP contribution in [-0.4, -0.2) is 36.4 Å². The maximum atomic E-state index is 11.9. The number of carbonyl (C=O) groups excluding carboxylic acids is 2. The second-order valence-electron chi connectivity index (χ2n) is 7.33. The summed E-state index contributed by atoms with van der Waals surface area (Å²) in [6.45, 7) is 5.05. The predicted molar refractivity (Wildman–Crippen MR) is 122 cm³/mol. The van der Waals surface area contributed by atoms with Crippen molar-refractivity contribution in [3.8, 4) is 12.1 Å². The van der Waals surface area contributed by atoms with Crippen LogP contribution in [-0.2, 0) is 28.3 Å². The molecule has 0 unspecified atom stereocenters. The van der Waals surface area contributed by atoms with E-state index in [9.17, 15) is 20.1 Å². The van der Waals surface area contributed by atoms with E-state index in [0.717, 1.165) is 11.1 Å². The second kappa shape index (κ2) is 10.7. The van der Waals surface area contributed by atoms with Crippen molar-refractivity contribution in [1.29, 1.82) is 10.5 Å². The lowest BCUT2D eigenvalue weighted by Gasteiger charge is -2.29. The number of nitrogens with zero attached hydrogens (tertiary/aromatic N) is 4. The van der Waals surface area contributed by atoms with E-state index in [0.29, 0.717) is 59.3 Å². The van der Waals surface area contributed by atoms with E-state index in [1.54, 1.807) is 4.90 Å². The smallest absolute Gasteiger partial charge is 0.239 e. The van der Waals surface area contributed by atoms with Gasteiger partial charge in [-0.2, -0.15) is 10.5 Å². The number of aromatic nitrogens is 1. The van der Waals surface area contributed by atoms with Crippen LogP contribution in [0.2, 0.25) is 0 Å². The molecule has 164 valence electrons. The molecule has 0 radical (unpaired) electrons. The van der Waals surface area contributed by atoms with Gasteiger partial charge in [-0.15, -0.1) is 11.8 Å². The van der Waals surface area contributed by atoms with Crippen molar-refractivity contribution in [3.05, 3.63) is 52.1 Å². The van der Waals surface area contributed by atoms with Crippen molar-refractivity contribution >= 4 is 29.4 Å². The molecule has 0 atom stereocenters. The largest absolute Gasteiger partial charge is 0.353 e. The number of piperazine rings is 1. The number of thioether (sulfide) groups is 1. The fourth-order valence-corrected chi connectivity index (χ4v) is 4.43. The molecule has 9 heteroatoms. The summed E-state index contributed by atoms with van der Waals surface area (Å²) in [6.07, 6.45) is 0.521. The molecule has 1 aliphatic heterocycles. The summed E-state index contributed by atoms with van der Waals surface area (Å²) in [7, 11) is 0. The number of amides is 2. The first-order valence-electron chi connectivity index (χ1n) is 10.3. The SMILES string of the molecule is CCc1c(C#N)c(SCc2ccc(CNC(C)=O)cc2)nc(N2CCNC(=O)C2)c1C#N. The Morgan fingerprint density at radius 3 is 2.50 bits per heavy atom. The number of hydrogen-bond donors (Lipinski definition) is 2. The molecular weight excluding hydrogens is 424 g/mol. The lowest BCUT2D eigenvalue weighted by atomic mass is 10.0. The summed E-state index contributed by atoms with van der Waals surface area (Å²) in [5, 5.41) is 25.7. The Morgan fingerprint density at radius 2 is 1.91 bits per heavy atom. The van der Waals surface area contributed by atoms with Crippen LogP contribution in [0.5, 0.6) is 0 Å². The third-order valence-corrected chi connectivity index (χ3v) is 6.15. The third-order valence-electron chi connectivity index (χ3n) is 5.10. The fourth-order valence-electron chi connectivity index (χ4n) is 3.47. The van der Waals surface area contributed by atoms with Gasteiger partial charge >= 0.3 is 0 Å². The Morgan fingerprint density at radius 1 is 1.22 bits per heavy atom. The van der Waals surface area contributed by atoms with Crippen LogP contribution in [0.3, 0.4) is 0 Å². The van der Waals surface area contributed by atoms with Crippen LogP contribution in [0.25, 0.3) is 0 Å². The molecular formula is C23H24N6O2S. The average molecular weight is 449 g/mol. The molecule has 8 nitrogen and oxygen atoms in total. The van der Waals surface area contributed by atoms with E-state index in [-0.39, 0.29) is 18.4 Å². The molecule has 1 saturated heterocycles. The average Bonchev–Trinajstić information content (AvgIpc) is 2.80. The van der Waals surface area contributed by atoms with Gasteiger partial charge in [-0.05, 0) is 23.1 Å². The first-order valence-corrected chi connectivity index (χ1v) is 11.3. The zero-order chi connectivity index (χ0) is 23.1. The Kier molecular flexibility index (Phi) is 7.69. The number of anilines is 1. The minimum atomic E-state index is -0.113. The minimum absolute atomic E-state index is 0.0747. The van der Waals surface area contributed by atoms with Gasteiger partial charge in [0.25, 0.3) is 0 Å². The molecule has 0 spiro atoms. The van der Waals surface area contributed by atoms with Crippen molar-refractivity contribution in [2.45, 2.75) is 37.6 Å². The van der Waals surface area contributed by atoms with E-state index >= 15 is 0 Å². The van der Waals surface area contributed by atoms with Crippen molar-refractivity contribution in [2.24, 2.45) is 0 Å². The monoisotopic (exact) mass is 448 g/mol. The van der Waals surface area contributed by atoms with Gasteiger partial charge in [0.15, 0.2) is 0 Å². The first kappa shape index (κ1) is 23.1. The molecule has 1 aromatic heterocycles. The van der Waals surface area contributed by atoms with Gasteiger partial charge in [0.2, 0.25) is 11.8 Å². The lowest BCUT2D eigenvalue weighted by molar-refractivity contribution is -0.120. The topological polar surface area (TPSA) is 122 Å². The van der Waals surface area contributed by atoms with Crippen molar-refractivity contribution in [2.75, 3.05) is 24.5 Å². The summed E-state index contributed by atoms with van der Waals surface area (Å²) in [6, 6.07) is 12.3. The van der Waals surface area contributed by atoms with Gasteiger partial charge in [-0.1, -0.05) is 31.2 Å². The number of rotatable bonds is 7. The van der Waals surface area contributed by atoms with Crippen LogP contribution in [0.1, 0.15) is 41.7 Å². The number of benzene rings is 1. The molecule has 1 fully saturated rings. The summed E-state index contributed by atoms with van der Waals surface area (Å²) in [5.74, 6) is 0.871. The number of nitriles is 2. The number of hydrogen-bond acceptors (Lipinski definition) is 7. The summed E-state index contributed by atoms with van der Waals surface area (Å²) < 4.78 is 0. The van der Waals surface area contributed by atoms with Gasteiger partial charge in [0.05, 0.1) is 17.7 Å². The zero-order valence-corrected chi connectivity index (χ0v) is 18.9. The van der Waals surface area contributed by atoms with E-state index in [1.807, 2.05) is 31.2 Å². The third kappa shape index (κ3) is 5.37. The molecule has 2 heterocycles. The first-order chi connectivity index (χ1) is 15.5. The van der Waals surface area contributed by atoms with Crippen LogP contribution in [0.15, 0.2) is 29.3 Å². The molecule has 2 N–H and O–H groups in total. The molecule has 0 aliphatic carbocycles. The van der Waals surface area contributed by atoms with Gasteiger partial charge < -0.3 is 15.5 Å². The van der Waals surface area contributed by atoms with E-state index in [1.165, 1.54) is 18.7 Å². The fraction of sp³-hybridized carbons (Fsp3) is 0.348. The van der Waals surface area contributed by atoms with E-state index in [2.05, 4.69) is 27.8 Å². The van der Waals surface area contributed by atoms with Crippen molar-refractivity contribution < 1.29 is 9.59 Å². The summed E-state index contributed by atoms with van der Waals surface area (Å²) in [4.78, 5) is 29.4. The summed E-state index contributed by atoms with van der Waals surface area (Å²) in [5.41, 5.74) is 3.50. The van der Waals surface area contributed by atoms with Crippen molar-refractivity contribution in [1.82, 2.24) is 15.6 Å². The quantitative estimate of drug-likeness (QED) is 0.623. The van der Waals surface area contributed by atoms with E-state index < -0.39 is 0 Å². The molecule has 32 heavy (non-hydrogen) atoms. The predicted octanol–water partition coefficient (Wildman–Crippen LogP) is 2.25. The highest BCUT2D eigenvalue weighted by Gasteiger charge is 2.25. The number of carbonyl (C=O) groups is 2. The maximum Gasteiger partial charge on any atom is 0.239 e. The Balaban J connectivity index is 1.87. The minimum Gasteiger partial charge on any atom is -0.353 e. The highest BCUT2D eigenvalue weighted by Crippen LogP contribution is 2.33. The molecule has 2 amide bonds. The molecule has 1 aromatic carbocycles. The van der Waals surface area contributed by atoms with Crippen LogP contribution < -0.4 is 15.5 Å². The summed E-state index contributed by atoms with van der Waals surface area (Å²) >= 11 is 1.44. The second-order valence-corrected chi connectivity index (χ2v) is 8.30. The molecule has 2 aromatic rings. The van der Waals surface area contributed by atoms with Crippen molar-refractivity contribution in [3.63, 3.8) is 0 Å². The van der Waals surface area contributed by atoms with Crippen LogP contribution >= 0.6 is 11.8 Å². The van der Waals surface area contributed by atoms with Gasteiger partial charge in [-0.25, -0.2) is 4.98 Å². The number of nitrogens with one attached hydrogen (secondary N) is 2. The van der Waals surface area contributed by atoms with Gasteiger partial charge in [-0.3, -0.25) is 9.59 Å². The Labute approximate surface area is 191 Å². The highest BCUT2D eigenvalue weighted by atomic mass is 32.2. The maximum absolute atomic E-state index is 11.9.